The van der Waals surface area contributed by atoms with Crippen LogP contribution in [0.15, 0.2) is 48.5 Å². The highest BCUT2D eigenvalue weighted by Crippen LogP contribution is 2.40. The van der Waals surface area contributed by atoms with Gasteiger partial charge in [0, 0.05) is 50.5 Å². The van der Waals surface area contributed by atoms with Crippen LogP contribution < -0.4 is 9.64 Å². The summed E-state index contributed by atoms with van der Waals surface area (Å²) in [7, 11) is 0. The standard InChI is InChI=1S/C27H30F3N3O2/c28-27(29,30)35-25-18-22(11-12-24(25)33-13-5-9-21-8-3-4-10-23(21)33)26(34)32-16-14-31(15-17-32)19-20-6-1-2-7-20/h3-5,8-12,18,20H,1-2,6-7,13-17,19H2. The van der Waals surface area contributed by atoms with Gasteiger partial charge in [0.2, 0.25) is 0 Å². The molecule has 0 spiro atoms. The van der Waals surface area contributed by atoms with Crippen LogP contribution in [-0.2, 0) is 0 Å². The van der Waals surface area contributed by atoms with E-state index in [1.165, 1.54) is 31.7 Å². The first-order chi connectivity index (χ1) is 16.9. The Morgan fingerprint density at radius 1 is 0.971 bits per heavy atom. The zero-order chi connectivity index (χ0) is 24.4. The summed E-state index contributed by atoms with van der Waals surface area (Å²) in [6.07, 6.45) is 4.15. The summed E-state index contributed by atoms with van der Waals surface area (Å²) < 4.78 is 44.4. The third-order valence-corrected chi connectivity index (χ3v) is 7.19. The third-order valence-electron chi connectivity index (χ3n) is 7.19. The smallest absolute Gasteiger partial charge is 0.404 e. The van der Waals surface area contributed by atoms with Gasteiger partial charge in [-0.05, 0) is 48.6 Å². The first-order valence-electron chi connectivity index (χ1n) is 12.3. The number of piperazine rings is 1. The van der Waals surface area contributed by atoms with Gasteiger partial charge in [-0.15, -0.1) is 13.2 Å². The van der Waals surface area contributed by atoms with Crippen molar-refractivity contribution in [3.63, 3.8) is 0 Å². The van der Waals surface area contributed by atoms with Crippen molar-refractivity contribution < 1.29 is 22.7 Å². The zero-order valence-electron chi connectivity index (χ0n) is 19.6. The van der Waals surface area contributed by atoms with Crippen LogP contribution in [0.3, 0.4) is 0 Å². The van der Waals surface area contributed by atoms with E-state index >= 15 is 0 Å². The van der Waals surface area contributed by atoms with E-state index in [1.807, 2.05) is 36.4 Å². The Balaban J connectivity index is 1.34. The average Bonchev–Trinajstić information content (AvgIpc) is 3.36. The molecule has 2 aromatic carbocycles. The van der Waals surface area contributed by atoms with Gasteiger partial charge in [0.15, 0.2) is 5.75 Å². The van der Waals surface area contributed by atoms with E-state index in [4.69, 9.17) is 0 Å². The van der Waals surface area contributed by atoms with Crippen LogP contribution in [0.4, 0.5) is 24.5 Å². The maximum Gasteiger partial charge on any atom is 0.573 e. The number of hydrogen-bond donors (Lipinski definition) is 0. The Hall–Kier alpha value is -3.00. The molecule has 1 aliphatic carbocycles. The van der Waals surface area contributed by atoms with Gasteiger partial charge in [0.25, 0.3) is 5.91 Å². The van der Waals surface area contributed by atoms with Crippen molar-refractivity contribution in [2.75, 3.05) is 44.2 Å². The molecule has 0 radical (unpaired) electrons. The van der Waals surface area contributed by atoms with Crippen molar-refractivity contribution in [3.05, 3.63) is 59.7 Å². The average molecular weight is 486 g/mol. The molecule has 2 aliphatic heterocycles. The first kappa shape index (κ1) is 23.7. The molecule has 2 fully saturated rings. The molecule has 0 unspecified atom stereocenters. The van der Waals surface area contributed by atoms with Gasteiger partial charge in [-0.2, -0.15) is 0 Å². The number of rotatable bonds is 5. The van der Waals surface area contributed by atoms with Crippen LogP contribution in [0.1, 0.15) is 41.6 Å². The first-order valence-corrected chi connectivity index (χ1v) is 12.3. The molecule has 35 heavy (non-hydrogen) atoms. The molecule has 5 nitrogen and oxygen atoms in total. The van der Waals surface area contributed by atoms with Crippen molar-refractivity contribution >= 4 is 23.4 Å². The summed E-state index contributed by atoms with van der Waals surface area (Å²) in [6, 6.07) is 11.9. The number of benzene rings is 2. The number of ether oxygens (including phenoxy) is 1. The molecule has 5 rings (SSSR count). The van der Waals surface area contributed by atoms with Crippen molar-refractivity contribution in [2.24, 2.45) is 5.92 Å². The van der Waals surface area contributed by atoms with Gasteiger partial charge in [0.1, 0.15) is 0 Å². The molecule has 186 valence electrons. The maximum atomic E-state index is 13.3. The largest absolute Gasteiger partial charge is 0.573 e. The molecular weight excluding hydrogens is 455 g/mol. The molecule has 2 aromatic rings. The molecule has 1 saturated heterocycles. The van der Waals surface area contributed by atoms with Crippen LogP contribution in [0.5, 0.6) is 5.75 Å². The Bertz CT molecular complexity index is 1090. The maximum absolute atomic E-state index is 13.3. The summed E-state index contributed by atoms with van der Waals surface area (Å²) in [5.41, 5.74) is 2.18. The lowest BCUT2D eigenvalue weighted by Crippen LogP contribution is -2.49. The Kier molecular flexibility index (Phi) is 6.73. The monoisotopic (exact) mass is 485 g/mol. The lowest BCUT2D eigenvalue weighted by molar-refractivity contribution is -0.274. The molecule has 0 atom stereocenters. The van der Waals surface area contributed by atoms with Gasteiger partial charge in [-0.1, -0.05) is 43.2 Å². The van der Waals surface area contributed by atoms with Gasteiger partial charge in [0.05, 0.1) is 5.69 Å². The molecule has 0 N–H and O–H groups in total. The predicted molar refractivity (Wildman–Crippen MR) is 130 cm³/mol. The van der Waals surface area contributed by atoms with Gasteiger partial charge in [-0.3, -0.25) is 9.69 Å². The minimum absolute atomic E-state index is 0.207. The van der Waals surface area contributed by atoms with Crippen LogP contribution >= 0.6 is 0 Å². The minimum Gasteiger partial charge on any atom is -0.404 e. The Morgan fingerprint density at radius 3 is 2.46 bits per heavy atom. The van der Waals surface area contributed by atoms with E-state index in [-0.39, 0.29) is 22.9 Å². The number of carbonyl (C=O) groups is 1. The lowest BCUT2D eigenvalue weighted by atomic mass is 10.1. The predicted octanol–water partition coefficient (Wildman–Crippen LogP) is 5.70. The molecular formula is C27H30F3N3O2. The quantitative estimate of drug-likeness (QED) is 0.545. The summed E-state index contributed by atoms with van der Waals surface area (Å²) in [6.45, 7) is 4.22. The Labute approximate surface area is 203 Å². The highest BCUT2D eigenvalue weighted by molar-refractivity contribution is 5.96. The van der Waals surface area contributed by atoms with Crippen LogP contribution in [-0.4, -0.2) is 61.3 Å². The second kappa shape index (κ2) is 9.93. The second-order valence-electron chi connectivity index (χ2n) is 9.55. The molecule has 3 aliphatic rings. The number of nitrogens with zero attached hydrogens (tertiary/aromatic N) is 3. The summed E-state index contributed by atoms with van der Waals surface area (Å²) in [4.78, 5) is 19.1. The van der Waals surface area contributed by atoms with Gasteiger partial charge in [-0.25, -0.2) is 0 Å². The number of alkyl halides is 3. The fourth-order valence-corrected chi connectivity index (χ4v) is 5.44. The van der Waals surface area contributed by atoms with E-state index in [0.717, 1.165) is 36.8 Å². The zero-order valence-corrected chi connectivity index (χ0v) is 19.6. The van der Waals surface area contributed by atoms with Gasteiger partial charge < -0.3 is 14.5 Å². The number of para-hydroxylation sites is 1. The SMILES string of the molecule is O=C(c1ccc(N2CC=Cc3ccccc32)c(OC(F)(F)F)c1)N1CCN(CC2CCCC2)CC1. The normalized spacial score (nSPS) is 19.2. The molecule has 0 bridgehead atoms. The van der Waals surface area contributed by atoms with E-state index in [9.17, 15) is 18.0 Å². The lowest BCUT2D eigenvalue weighted by Gasteiger charge is -2.36. The molecule has 0 aromatic heterocycles. The van der Waals surface area contributed by atoms with Crippen LogP contribution in [0.25, 0.3) is 6.08 Å². The van der Waals surface area contributed by atoms with E-state index in [0.29, 0.717) is 19.6 Å². The van der Waals surface area contributed by atoms with Gasteiger partial charge >= 0.3 is 6.36 Å². The van der Waals surface area contributed by atoms with Crippen LogP contribution in [0.2, 0.25) is 0 Å². The highest BCUT2D eigenvalue weighted by atomic mass is 19.4. The number of fused-ring (bicyclic) bond motifs is 1. The number of anilines is 2. The fourth-order valence-electron chi connectivity index (χ4n) is 5.44. The highest BCUT2D eigenvalue weighted by Gasteiger charge is 2.34. The summed E-state index contributed by atoms with van der Waals surface area (Å²) in [5, 5.41) is 0. The fraction of sp³-hybridized carbons (Fsp3) is 0.444. The summed E-state index contributed by atoms with van der Waals surface area (Å²) >= 11 is 0. The molecule has 2 heterocycles. The number of amides is 1. The molecule has 8 heteroatoms. The number of halogens is 3. The molecule has 1 amide bonds. The Morgan fingerprint density at radius 2 is 1.71 bits per heavy atom. The van der Waals surface area contributed by atoms with Crippen LogP contribution in [0, 0.1) is 5.92 Å². The second-order valence-corrected chi connectivity index (χ2v) is 9.55. The third kappa shape index (κ3) is 5.48. The van der Waals surface area contributed by atoms with Crippen molar-refractivity contribution in [1.29, 1.82) is 0 Å². The van der Waals surface area contributed by atoms with Crippen molar-refractivity contribution in [1.82, 2.24) is 9.80 Å². The number of carbonyl (C=O) groups excluding carboxylic acids is 1. The topological polar surface area (TPSA) is 36.0 Å². The van der Waals surface area contributed by atoms with E-state index in [1.54, 1.807) is 21.9 Å². The van der Waals surface area contributed by atoms with Crippen molar-refractivity contribution in [3.8, 4) is 5.75 Å². The van der Waals surface area contributed by atoms with E-state index in [2.05, 4.69) is 9.64 Å². The van der Waals surface area contributed by atoms with Crippen molar-refractivity contribution in [2.45, 2.75) is 32.0 Å². The molecule has 1 saturated carbocycles. The minimum atomic E-state index is -4.87. The summed E-state index contributed by atoms with van der Waals surface area (Å²) in [5.74, 6) is 0.123. The van der Waals surface area contributed by atoms with E-state index < -0.39 is 6.36 Å². The number of hydrogen-bond acceptors (Lipinski definition) is 4.